The van der Waals surface area contributed by atoms with E-state index in [9.17, 15) is 0 Å². The average molecular weight is 364 g/mol. The molecule has 0 aliphatic heterocycles. The van der Waals surface area contributed by atoms with Crippen LogP contribution in [0.15, 0.2) is 60.8 Å². The number of anilines is 2. The maximum atomic E-state index is 5.35. The van der Waals surface area contributed by atoms with Crippen LogP contribution in [0.25, 0.3) is 0 Å². The van der Waals surface area contributed by atoms with Gasteiger partial charge in [0.2, 0.25) is 5.95 Å². The van der Waals surface area contributed by atoms with Gasteiger partial charge in [0.05, 0.1) is 14.2 Å². The van der Waals surface area contributed by atoms with Gasteiger partial charge in [0.15, 0.2) is 11.5 Å². The van der Waals surface area contributed by atoms with Crippen molar-refractivity contribution < 1.29 is 9.47 Å². The highest BCUT2D eigenvalue weighted by molar-refractivity contribution is 5.45. The second-order valence-electron chi connectivity index (χ2n) is 6.12. The summed E-state index contributed by atoms with van der Waals surface area (Å²) in [6.45, 7) is 1.37. The minimum Gasteiger partial charge on any atom is -0.493 e. The van der Waals surface area contributed by atoms with E-state index in [0.717, 1.165) is 17.9 Å². The van der Waals surface area contributed by atoms with Crippen molar-refractivity contribution in [2.24, 2.45) is 0 Å². The highest BCUT2D eigenvalue weighted by Gasteiger charge is 2.07. The van der Waals surface area contributed by atoms with Crippen LogP contribution >= 0.6 is 0 Å². The van der Waals surface area contributed by atoms with Crippen molar-refractivity contribution in [2.45, 2.75) is 13.1 Å². The second-order valence-corrected chi connectivity index (χ2v) is 6.12. The quantitative estimate of drug-likeness (QED) is 0.657. The number of methoxy groups -OCH3 is 2. The van der Waals surface area contributed by atoms with Crippen LogP contribution in [0.4, 0.5) is 11.8 Å². The summed E-state index contributed by atoms with van der Waals surface area (Å²) in [6.07, 6.45) is 1.76. The van der Waals surface area contributed by atoms with E-state index < -0.39 is 0 Å². The van der Waals surface area contributed by atoms with Gasteiger partial charge in [-0.05, 0) is 29.3 Å². The van der Waals surface area contributed by atoms with Crippen LogP contribution < -0.4 is 19.7 Å². The van der Waals surface area contributed by atoms with E-state index in [4.69, 9.17) is 9.47 Å². The number of hydrogen-bond donors (Lipinski definition) is 1. The Balaban J connectivity index is 1.65. The third-order valence-corrected chi connectivity index (χ3v) is 4.19. The van der Waals surface area contributed by atoms with Gasteiger partial charge >= 0.3 is 0 Å². The van der Waals surface area contributed by atoms with E-state index in [2.05, 4.69) is 32.3 Å². The molecule has 6 nitrogen and oxygen atoms in total. The Morgan fingerprint density at radius 3 is 2.44 bits per heavy atom. The molecule has 0 fully saturated rings. The van der Waals surface area contributed by atoms with Crippen molar-refractivity contribution in [3.63, 3.8) is 0 Å². The molecular weight excluding hydrogens is 340 g/mol. The zero-order chi connectivity index (χ0) is 19.1. The van der Waals surface area contributed by atoms with Crippen LogP contribution in [0.2, 0.25) is 0 Å². The summed E-state index contributed by atoms with van der Waals surface area (Å²) in [5.74, 6) is 2.86. The Morgan fingerprint density at radius 2 is 1.70 bits per heavy atom. The molecule has 6 heteroatoms. The largest absolute Gasteiger partial charge is 0.493 e. The van der Waals surface area contributed by atoms with Crippen LogP contribution in [0.1, 0.15) is 11.1 Å². The number of ether oxygens (including phenoxy) is 2. The summed E-state index contributed by atoms with van der Waals surface area (Å²) in [6, 6.07) is 18.0. The molecule has 0 saturated heterocycles. The number of nitrogens with one attached hydrogen (secondary N) is 1. The summed E-state index contributed by atoms with van der Waals surface area (Å²) >= 11 is 0. The van der Waals surface area contributed by atoms with Crippen LogP contribution in [0.3, 0.4) is 0 Å². The van der Waals surface area contributed by atoms with E-state index in [1.807, 2.05) is 49.5 Å². The highest BCUT2D eigenvalue weighted by Crippen LogP contribution is 2.27. The molecule has 0 aliphatic rings. The SMILES string of the molecule is COc1ccc(CNc2nccc(N(C)Cc3ccccc3)n2)cc1OC. The molecule has 140 valence electrons. The third kappa shape index (κ3) is 4.88. The van der Waals surface area contributed by atoms with Gasteiger partial charge in [-0.25, -0.2) is 4.98 Å². The number of aromatic nitrogens is 2. The lowest BCUT2D eigenvalue weighted by Crippen LogP contribution is -2.18. The molecule has 0 radical (unpaired) electrons. The van der Waals surface area contributed by atoms with Gasteiger partial charge in [0.1, 0.15) is 5.82 Å². The van der Waals surface area contributed by atoms with E-state index in [1.54, 1.807) is 20.4 Å². The molecule has 0 spiro atoms. The van der Waals surface area contributed by atoms with E-state index in [-0.39, 0.29) is 0 Å². The van der Waals surface area contributed by atoms with Crippen molar-refractivity contribution in [3.8, 4) is 11.5 Å². The standard InChI is InChI=1S/C21H24N4O2/c1-25(15-16-7-5-4-6-8-16)20-11-12-22-21(24-20)23-14-17-9-10-18(26-2)19(13-17)27-3/h4-13H,14-15H2,1-3H3,(H,22,23,24). The molecule has 0 amide bonds. The van der Waals surface area contributed by atoms with Gasteiger partial charge < -0.3 is 19.7 Å². The molecule has 0 atom stereocenters. The average Bonchev–Trinajstić information content (AvgIpc) is 2.73. The first-order valence-electron chi connectivity index (χ1n) is 8.72. The first kappa shape index (κ1) is 18.5. The summed E-state index contributed by atoms with van der Waals surface area (Å²) in [4.78, 5) is 11.0. The molecule has 0 bridgehead atoms. The first-order chi connectivity index (χ1) is 13.2. The molecule has 0 unspecified atom stereocenters. The Bertz CT molecular complexity index is 871. The molecule has 0 saturated carbocycles. The van der Waals surface area contributed by atoms with Gasteiger partial charge in [0, 0.05) is 26.3 Å². The lowest BCUT2D eigenvalue weighted by Gasteiger charge is -2.18. The molecule has 3 rings (SSSR count). The Morgan fingerprint density at radius 1 is 0.926 bits per heavy atom. The molecular formula is C21H24N4O2. The minimum atomic E-state index is 0.585. The Kier molecular flexibility index (Phi) is 6.10. The van der Waals surface area contributed by atoms with Crippen LogP contribution in [0.5, 0.6) is 11.5 Å². The van der Waals surface area contributed by atoms with Crippen molar-refractivity contribution in [2.75, 3.05) is 31.5 Å². The predicted molar refractivity (Wildman–Crippen MR) is 107 cm³/mol. The summed E-state index contributed by atoms with van der Waals surface area (Å²) < 4.78 is 10.6. The van der Waals surface area contributed by atoms with Crippen molar-refractivity contribution in [1.82, 2.24) is 9.97 Å². The normalized spacial score (nSPS) is 10.3. The van der Waals surface area contributed by atoms with Crippen LogP contribution in [-0.4, -0.2) is 31.2 Å². The number of hydrogen-bond acceptors (Lipinski definition) is 6. The molecule has 0 aliphatic carbocycles. The van der Waals surface area contributed by atoms with Gasteiger partial charge in [-0.3, -0.25) is 0 Å². The fourth-order valence-corrected chi connectivity index (χ4v) is 2.76. The van der Waals surface area contributed by atoms with E-state index in [1.165, 1.54) is 5.56 Å². The van der Waals surface area contributed by atoms with Gasteiger partial charge in [0.25, 0.3) is 0 Å². The fraction of sp³-hybridized carbons (Fsp3) is 0.238. The lowest BCUT2D eigenvalue weighted by molar-refractivity contribution is 0.354. The first-order valence-corrected chi connectivity index (χ1v) is 8.72. The topological polar surface area (TPSA) is 59.5 Å². The second kappa shape index (κ2) is 8.89. The molecule has 1 heterocycles. The zero-order valence-corrected chi connectivity index (χ0v) is 15.8. The summed E-state index contributed by atoms with van der Waals surface area (Å²) in [5, 5.41) is 3.26. The Hall–Kier alpha value is -3.28. The number of benzene rings is 2. The maximum absolute atomic E-state index is 5.35. The molecule has 27 heavy (non-hydrogen) atoms. The maximum Gasteiger partial charge on any atom is 0.224 e. The monoisotopic (exact) mass is 364 g/mol. The number of rotatable bonds is 8. The molecule has 1 aromatic heterocycles. The predicted octanol–water partition coefficient (Wildman–Crippen LogP) is 3.74. The van der Waals surface area contributed by atoms with Crippen molar-refractivity contribution >= 4 is 11.8 Å². The van der Waals surface area contributed by atoms with Crippen molar-refractivity contribution in [1.29, 1.82) is 0 Å². The summed E-state index contributed by atoms with van der Waals surface area (Å²) in [5.41, 5.74) is 2.29. The fourth-order valence-electron chi connectivity index (χ4n) is 2.76. The third-order valence-electron chi connectivity index (χ3n) is 4.19. The number of nitrogens with zero attached hydrogens (tertiary/aromatic N) is 3. The van der Waals surface area contributed by atoms with Crippen LogP contribution in [0, 0.1) is 0 Å². The summed E-state index contributed by atoms with van der Waals surface area (Å²) in [7, 11) is 5.28. The Labute approximate surface area is 159 Å². The van der Waals surface area contributed by atoms with E-state index in [0.29, 0.717) is 24.0 Å². The van der Waals surface area contributed by atoms with Gasteiger partial charge in [-0.15, -0.1) is 0 Å². The smallest absolute Gasteiger partial charge is 0.224 e. The van der Waals surface area contributed by atoms with Crippen LogP contribution in [-0.2, 0) is 13.1 Å². The minimum absolute atomic E-state index is 0.585. The van der Waals surface area contributed by atoms with E-state index >= 15 is 0 Å². The molecule has 3 aromatic rings. The van der Waals surface area contributed by atoms with Crippen molar-refractivity contribution in [3.05, 3.63) is 71.9 Å². The van der Waals surface area contributed by atoms with Gasteiger partial charge in [-0.1, -0.05) is 36.4 Å². The highest BCUT2D eigenvalue weighted by atomic mass is 16.5. The lowest BCUT2D eigenvalue weighted by atomic mass is 10.2. The molecule has 1 N–H and O–H groups in total. The molecule has 2 aromatic carbocycles. The zero-order valence-electron chi connectivity index (χ0n) is 15.8. The van der Waals surface area contributed by atoms with Gasteiger partial charge in [-0.2, -0.15) is 4.98 Å².